The molecule has 0 spiro atoms. The van der Waals surface area contributed by atoms with Crippen molar-refractivity contribution in [1.29, 1.82) is 0 Å². The lowest BCUT2D eigenvalue weighted by atomic mass is 10.1. The quantitative estimate of drug-likeness (QED) is 0.737. The normalized spacial score (nSPS) is 9.93. The first-order valence-electron chi connectivity index (χ1n) is 3.79. The van der Waals surface area contributed by atoms with Crippen molar-refractivity contribution in [3.63, 3.8) is 0 Å². The van der Waals surface area contributed by atoms with Gasteiger partial charge in [-0.3, -0.25) is 4.79 Å². The molecule has 1 rings (SSSR count). The molecule has 0 fully saturated rings. The average molecular weight is 202 g/mol. The van der Waals surface area contributed by atoms with Crippen molar-refractivity contribution in [2.24, 2.45) is 0 Å². The first-order valence-corrected chi connectivity index (χ1v) is 3.79. The lowest BCUT2D eigenvalue weighted by molar-refractivity contribution is -0.139. The number of phenolic OH excluding ortho intramolecular Hbond substituents is 1. The molecule has 0 saturated heterocycles. The van der Waals surface area contributed by atoms with Gasteiger partial charge in [0, 0.05) is 5.56 Å². The summed E-state index contributed by atoms with van der Waals surface area (Å²) in [7, 11) is 1.17. The van der Waals surface area contributed by atoms with Crippen molar-refractivity contribution >= 4 is 5.97 Å². The molecule has 0 aliphatic carbocycles. The predicted molar refractivity (Wildman–Crippen MR) is 43.7 cm³/mol. The zero-order valence-electron chi connectivity index (χ0n) is 7.38. The highest BCUT2D eigenvalue weighted by atomic mass is 19.2. The van der Waals surface area contributed by atoms with Gasteiger partial charge in [-0.2, -0.15) is 4.39 Å². The molecule has 1 aromatic rings. The summed E-state index contributed by atoms with van der Waals surface area (Å²) in [5, 5.41) is 9.10. The molecule has 14 heavy (non-hydrogen) atoms. The van der Waals surface area contributed by atoms with E-state index in [2.05, 4.69) is 4.74 Å². The topological polar surface area (TPSA) is 46.5 Å². The smallest absolute Gasteiger partial charge is 0.310 e. The van der Waals surface area contributed by atoms with Crippen molar-refractivity contribution < 1.29 is 23.4 Å². The van der Waals surface area contributed by atoms with Gasteiger partial charge >= 0.3 is 5.97 Å². The first kappa shape index (κ1) is 10.4. The number of rotatable bonds is 2. The molecule has 0 bridgehead atoms. The highest BCUT2D eigenvalue weighted by molar-refractivity contribution is 5.73. The van der Waals surface area contributed by atoms with E-state index in [0.29, 0.717) is 0 Å². The highest BCUT2D eigenvalue weighted by Gasteiger charge is 2.14. The molecule has 3 nitrogen and oxygen atoms in total. The number of aromatic hydroxyl groups is 1. The van der Waals surface area contributed by atoms with Gasteiger partial charge in [0.1, 0.15) is 0 Å². The van der Waals surface area contributed by atoms with E-state index in [1.807, 2.05) is 0 Å². The molecular formula is C9H8F2O3. The summed E-state index contributed by atoms with van der Waals surface area (Å²) in [4.78, 5) is 10.8. The Labute approximate surface area is 78.9 Å². The minimum atomic E-state index is -1.36. The maximum Gasteiger partial charge on any atom is 0.310 e. The van der Waals surface area contributed by atoms with Crippen LogP contribution in [0.2, 0.25) is 0 Å². The Morgan fingerprint density at radius 1 is 1.50 bits per heavy atom. The number of esters is 1. The van der Waals surface area contributed by atoms with E-state index >= 15 is 0 Å². The summed E-state index contributed by atoms with van der Waals surface area (Å²) in [5.74, 6) is -4.00. The Bertz CT molecular complexity index is 363. The molecule has 1 aromatic carbocycles. The first-order chi connectivity index (χ1) is 6.56. The second-order valence-corrected chi connectivity index (χ2v) is 2.62. The Hall–Kier alpha value is -1.65. The Balaban J connectivity index is 3.00. The lowest BCUT2D eigenvalue weighted by Crippen LogP contribution is -2.05. The molecule has 0 atom stereocenters. The van der Waals surface area contributed by atoms with Gasteiger partial charge in [0.05, 0.1) is 13.5 Å². The van der Waals surface area contributed by atoms with E-state index in [1.54, 1.807) is 0 Å². The maximum atomic E-state index is 12.8. The number of benzene rings is 1. The molecule has 0 aliphatic rings. The molecule has 0 radical (unpaired) electrons. The van der Waals surface area contributed by atoms with Gasteiger partial charge in [0.25, 0.3) is 0 Å². The summed E-state index contributed by atoms with van der Waals surface area (Å²) in [6, 6.07) is 1.97. The van der Waals surface area contributed by atoms with Crippen molar-refractivity contribution in [2.45, 2.75) is 6.42 Å². The largest absolute Gasteiger partial charge is 0.505 e. The summed E-state index contributed by atoms with van der Waals surface area (Å²) in [5.41, 5.74) is -0.00394. The molecule has 0 heterocycles. The molecule has 5 heteroatoms. The van der Waals surface area contributed by atoms with E-state index in [1.165, 1.54) is 7.11 Å². The molecule has 0 amide bonds. The van der Waals surface area contributed by atoms with Crippen LogP contribution in [0, 0.1) is 11.6 Å². The fourth-order valence-corrected chi connectivity index (χ4v) is 0.950. The van der Waals surface area contributed by atoms with Crippen LogP contribution in [0.15, 0.2) is 12.1 Å². The van der Waals surface area contributed by atoms with Gasteiger partial charge in [0.15, 0.2) is 11.6 Å². The zero-order valence-corrected chi connectivity index (χ0v) is 7.38. The zero-order chi connectivity index (χ0) is 10.7. The summed E-state index contributed by atoms with van der Waals surface area (Å²) in [6.45, 7) is 0. The lowest BCUT2D eigenvalue weighted by Gasteiger charge is -2.04. The molecule has 0 saturated carbocycles. The Kier molecular flexibility index (Phi) is 3.01. The monoisotopic (exact) mass is 202 g/mol. The van der Waals surface area contributed by atoms with Crippen LogP contribution < -0.4 is 0 Å². The number of phenols is 1. The van der Waals surface area contributed by atoms with Crippen LogP contribution in [0.3, 0.4) is 0 Å². The van der Waals surface area contributed by atoms with Gasteiger partial charge in [0.2, 0.25) is 5.82 Å². The molecule has 76 valence electrons. The van der Waals surface area contributed by atoms with E-state index in [9.17, 15) is 13.6 Å². The van der Waals surface area contributed by atoms with Crippen molar-refractivity contribution in [2.75, 3.05) is 7.11 Å². The van der Waals surface area contributed by atoms with Crippen LogP contribution in [-0.2, 0) is 16.0 Å². The van der Waals surface area contributed by atoms with Gasteiger partial charge < -0.3 is 9.84 Å². The van der Waals surface area contributed by atoms with Crippen LogP contribution in [-0.4, -0.2) is 18.2 Å². The van der Waals surface area contributed by atoms with Crippen LogP contribution in [0.1, 0.15) is 5.56 Å². The minimum Gasteiger partial charge on any atom is -0.505 e. The van der Waals surface area contributed by atoms with E-state index in [-0.39, 0.29) is 12.0 Å². The summed E-state index contributed by atoms with van der Waals surface area (Å²) in [6.07, 6.45) is -0.292. The van der Waals surface area contributed by atoms with Gasteiger partial charge in [-0.05, 0) is 6.07 Å². The van der Waals surface area contributed by atoms with Gasteiger partial charge in [-0.1, -0.05) is 6.07 Å². The second kappa shape index (κ2) is 4.04. The van der Waals surface area contributed by atoms with E-state index in [4.69, 9.17) is 5.11 Å². The number of halogens is 2. The van der Waals surface area contributed by atoms with E-state index in [0.717, 1.165) is 12.1 Å². The third-order valence-corrected chi connectivity index (χ3v) is 1.72. The van der Waals surface area contributed by atoms with Crippen LogP contribution >= 0.6 is 0 Å². The third kappa shape index (κ3) is 1.99. The van der Waals surface area contributed by atoms with Crippen molar-refractivity contribution in [1.82, 2.24) is 0 Å². The molecule has 0 aliphatic heterocycles. The number of methoxy groups -OCH3 is 1. The standard InChI is InChI=1S/C9H8F2O3/c1-14-7(12)4-5-2-3-6(10)8(11)9(5)13/h2-3,13H,4H2,1H3. The predicted octanol–water partition coefficient (Wildman–Crippen LogP) is 1.39. The third-order valence-electron chi connectivity index (χ3n) is 1.72. The number of hydrogen-bond donors (Lipinski definition) is 1. The van der Waals surface area contributed by atoms with Gasteiger partial charge in [-0.25, -0.2) is 4.39 Å². The number of carbonyl (C=O) groups is 1. The number of ether oxygens (including phenoxy) is 1. The second-order valence-electron chi connectivity index (χ2n) is 2.62. The highest BCUT2D eigenvalue weighted by Crippen LogP contribution is 2.23. The van der Waals surface area contributed by atoms with Crippen LogP contribution in [0.25, 0.3) is 0 Å². The number of hydrogen-bond acceptors (Lipinski definition) is 3. The van der Waals surface area contributed by atoms with Crippen molar-refractivity contribution in [3.8, 4) is 5.75 Å². The molecular weight excluding hydrogens is 194 g/mol. The minimum absolute atomic E-state index is 0.00394. The van der Waals surface area contributed by atoms with Gasteiger partial charge in [-0.15, -0.1) is 0 Å². The molecule has 0 aromatic heterocycles. The fourth-order valence-electron chi connectivity index (χ4n) is 0.950. The van der Waals surface area contributed by atoms with Crippen LogP contribution in [0.5, 0.6) is 5.75 Å². The van der Waals surface area contributed by atoms with Crippen molar-refractivity contribution in [3.05, 3.63) is 29.3 Å². The summed E-state index contributed by atoms with van der Waals surface area (Å²) >= 11 is 0. The summed E-state index contributed by atoms with van der Waals surface area (Å²) < 4.78 is 29.6. The molecule has 0 unspecified atom stereocenters. The fraction of sp³-hybridized carbons (Fsp3) is 0.222. The Morgan fingerprint density at radius 2 is 2.14 bits per heavy atom. The molecule has 1 N–H and O–H groups in total. The SMILES string of the molecule is COC(=O)Cc1ccc(F)c(F)c1O. The average Bonchev–Trinajstić information content (AvgIpc) is 2.19. The Morgan fingerprint density at radius 3 is 2.71 bits per heavy atom. The maximum absolute atomic E-state index is 12.8. The number of carbonyl (C=O) groups excluding carboxylic acids is 1. The van der Waals surface area contributed by atoms with E-state index < -0.39 is 23.4 Å². The van der Waals surface area contributed by atoms with Crippen LogP contribution in [0.4, 0.5) is 8.78 Å².